The van der Waals surface area contributed by atoms with Gasteiger partial charge in [-0.1, -0.05) is 11.6 Å². The lowest BCUT2D eigenvalue weighted by molar-refractivity contribution is 0.379. The van der Waals surface area contributed by atoms with Crippen LogP contribution in [-0.4, -0.2) is 63.5 Å². The Morgan fingerprint density at radius 3 is 2.52 bits per heavy atom. The molecule has 2 aliphatic rings. The van der Waals surface area contributed by atoms with Gasteiger partial charge in [-0.15, -0.1) is 0 Å². The quantitative estimate of drug-likeness (QED) is 0.632. The number of guanidine groups is 1. The van der Waals surface area contributed by atoms with Crippen LogP contribution in [0, 0.1) is 5.92 Å². The van der Waals surface area contributed by atoms with Crippen LogP contribution in [0.2, 0.25) is 5.02 Å². The minimum Gasteiger partial charge on any atom is -0.370 e. The van der Waals surface area contributed by atoms with Crippen molar-refractivity contribution in [2.45, 2.75) is 12.8 Å². The molecule has 2 N–H and O–H groups in total. The molecule has 25 heavy (non-hydrogen) atoms. The van der Waals surface area contributed by atoms with Gasteiger partial charge in [0, 0.05) is 43.4 Å². The normalized spacial score (nSPS) is 24.4. The first-order valence-corrected chi connectivity index (χ1v) is 10.9. The standard InChI is InChI=1S/C17H25ClN4O2S/c18-15-3-5-16(6-4-15)21-7-9-22(10-8-21)17(19)20-12-14-2-1-11-25(23,24)13-14/h3-6,14H,1-2,7-13H2,(H2,19,20). The zero-order valence-electron chi connectivity index (χ0n) is 14.3. The monoisotopic (exact) mass is 384 g/mol. The molecule has 0 saturated carbocycles. The van der Waals surface area contributed by atoms with Crippen molar-refractivity contribution in [3.8, 4) is 0 Å². The summed E-state index contributed by atoms with van der Waals surface area (Å²) in [6.07, 6.45) is 1.66. The number of rotatable bonds is 3. The van der Waals surface area contributed by atoms with E-state index in [1.54, 1.807) is 0 Å². The van der Waals surface area contributed by atoms with Gasteiger partial charge in [-0.3, -0.25) is 4.99 Å². The van der Waals surface area contributed by atoms with Crippen LogP contribution in [0.4, 0.5) is 5.69 Å². The van der Waals surface area contributed by atoms with E-state index in [0.717, 1.165) is 49.7 Å². The second kappa shape index (κ2) is 7.83. The largest absolute Gasteiger partial charge is 0.370 e. The van der Waals surface area contributed by atoms with Crippen molar-refractivity contribution >= 4 is 33.1 Å². The number of nitrogens with zero attached hydrogens (tertiary/aromatic N) is 3. The smallest absolute Gasteiger partial charge is 0.191 e. The fourth-order valence-electron chi connectivity index (χ4n) is 3.43. The third kappa shape index (κ3) is 5.01. The van der Waals surface area contributed by atoms with E-state index < -0.39 is 9.84 Å². The molecule has 1 unspecified atom stereocenters. The maximum Gasteiger partial charge on any atom is 0.191 e. The maximum atomic E-state index is 11.7. The highest BCUT2D eigenvalue weighted by atomic mass is 35.5. The predicted molar refractivity (Wildman–Crippen MR) is 103 cm³/mol. The molecule has 6 nitrogen and oxygen atoms in total. The molecule has 1 aromatic carbocycles. The number of nitrogens with two attached hydrogens (primary N) is 1. The molecule has 0 spiro atoms. The second-order valence-electron chi connectivity index (χ2n) is 6.77. The van der Waals surface area contributed by atoms with Gasteiger partial charge in [-0.25, -0.2) is 8.42 Å². The molecule has 2 saturated heterocycles. The van der Waals surface area contributed by atoms with E-state index in [0.29, 0.717) is 18.3 Å². The summed E-state index contributed by atoms with van der Waals surface area (Å²) >= 11 is 5.94. The lowest BCUT2D eigenvalue weighted by Crippen LogP contribution is -2.51. The molecule has 138 valence electrons. The fourth-order valence-corrected chi connectivity index (χ4v) is 5.32. The molecule has 1 aromatic rings. The summed E-state index contributed by atoms with van der Waals surface area (Å²) in [4.78, 5) is 8.84. The van der Waals surface area contributed by atoms with Crippen molar-refractivity contribution < 1.29 is 8.42 Å². The molecule has 0 radical (unpaired) electrons. The van der Waals surface area contributed by atoms with Gasteiger partial charge in [0.25, 0.3) is 0 Å². The summed E-state index contributed by atoms with van der Waals surface area (Å²) in [5, 5.41) is 0.739. The highest BCUT2D eigenvalue weighted by molar-refractivity contribution is 7.91. The number of benzene rings is 1. The summed E-state index contributed by atoms with van der Waals surface area (Å²) in [6.45, 7) is 3.86. The Balaban J connectivity index is 1.51. The van der Waals surface area contributed by atoms with Crippen LogP contribution in [0.1, 0.15) is 12.8 Å². The minimum absolute atomic E-state index is 0.104. The molecule has 1 atom stereocenters. The van der Waals surface area contributed by atoms with Crippen molar-refractivity contribution in [2.24, 2.45) is 16.6 Å². The van der Waals surface area contributed by atoms with Crippen molar-refractivity contribution in [3.63, 3.8) is 0 Å². The molecule has 0 aromatic heterocycles. The number of sulfone groups is 1. The zero-order valence-corrected chi connectivity index (χ0v) is 15.8. The van der Waals surface area contributed by atoms with Crippen molar-refractivity contribution in [2.75, 3.05) is 49.1 Å². The van der Waals surface area contributed by atoms with Crippen LogP contribution in [0.5, 0.6) is 0 Å². The Morgan fingerprint density at radius 2 is 1.88 bits per heavy atom. The van der Waals surface area contributed by atoms with E-state index in [4.69, 9.17) is 17.3 Å². The van der Waals surface area contributed by atoms with Crippen LogP contribution >= 0.6 is 11.6 Å². The Morgan fingerprint density at radius 1 is 1.20 bits per heavy atom. The molecule has 0 aliphatic carbocycles. The SMILES string of the molecule is NC(=NCC1CCCS(=O)(=O)C1)N1CCN(c2ccc(Cl)cc2)CC1. The average molecular weight is 385 g/mol. The molecule has 8 heteroatoms. The molecule has 0 bridgehead atoms. The number of anilines is 1. The van der Waals surface area contributed by atoms with Gasteiger partial charge in [0.1, 0.15) is 0 Å². The number of hydrogen-bond acceptors (Lipinski definition) is 4. The molecule has 2 heterocycles. The Hall–Kier alpha value is -1.47. The number of piperazine rings is 1. The Labute approximate surface area is 154 Å². The third-order valence-corrected chi connectivity index (χ3v) is 7.01. The van der Waals surface area contributed by atoms with E-state index in [1.807, 2.05) is 24.3 Å². The molecule has 2 aliphatic heterocycles. The first kappa shape index (κ1) is 18.3. The van der Waals surface area contributed by atoms with Crippen LogP contribution in [0.25, 0.3) is 0 Å². The summed E-state index contributed by atoms with van der Waals surface area (Å²) in [7, 11) is -2.89. The minimum atomic E-state index is -2.89. The predicted octanol–water partition coefficient (Wildman–Crippen LogP) is 1.60. The molecule has 0 amide bonds. The Bertz CT molecular complexity index is 713. The van der Waals surface area contributed by atoms with Gasteiger partial charge in [0.05, 0.1) is 11.5 Å². The highest BCUT2D eigenvalue weighted by Gasteiger charge is 2.25. The molecule has 3 rings (SSSR count). The molecule has 2 fully saturated rings. The van der Waals surface area contributed by atoms with Gasteiger partial charge in [0.15, 0.2) is 15.8 Å². The van der Waals surface area contributed by atoms with Gasteiger partial charge in [-0.2, -0.15) is 0 Å². The van der Waals surface area contributed by atoms with Gasteiger partial charge < -0.3 is 15.5 Å². The van der Waals surface area contributed by atoms with Crippen LogP contribution < -0.4 is 10.6 Å². The lowest BCUT2D eigenvalue weighted by Gasteiger charge is -2.36. The first-order valence-electron chi connectivity index (χ1n) is 8.69. The van der Waals surface area contributed by atoms with E-state index in [1.165, 1.54) is 0 Å². The first-order chi connectivity index (χ1) is 11.9. The van der Waals surface area contributed by atoms with E-state index in [2.05, 4.69) is 14.8 Å². The summed E-state index contributed by atoms with van der Waals surface area (Å²) in [6, 6.07) is 7.85. The Kier molecular flexibility index (Phi) is 5.74. The summed E-state index contributed by atoms with van der Waals surface area (Å²) in [5.41, 5.74) is 7.29. The number of aliphatic imine (C=N–C) groups is 1. The lowest BCUT2D eigenvalue weighted by atomic mass is 10.1. The van der Waals surface area contributed by atoms with Crippen LogP contribution in [0.15, 0.2) is 29.3 Å². The molecular weight excluding hydrogens is 360 g/mol. The number of halogens is 1. The second-order valence-corrected chi connectivity index (χ2v) is 9.44. The highest BCUT2D eigenvalue weighted by Crippen LogP contribution is 2.20. The van der Waals surface area contributed by atoms with Crippen LogP contribution in [-0.2, 0) is 9.84 Å². The van der Waals surface area contributed by atoms with Gasteiger partial charge in [0.2, 0.25) is 0 Å². The van der Waals surface area contributed by atoms with Crippen LogP contribution in [0.3, 0.4) is 0 Å². The fraction of sp³-hybridized carbons (Fsp3) is 0.588. The number of hydrogen-bond donors (Lipinski definition) is 1. The molecular formula is C17H25ClN4O2S. The zero-order chi connectivity index (χ0) is 17.9. The van der Waals surface area contributed by atoms with E-state index in [9.17, 15) is 8.42 Å². The maximum absolute atomic E-state index is 11.7. The van der Waals surface area contributed by atoms with Gasteiger partial charge in [-0.05, 0) is 43.0 Å². The average Bonchev–Trinajstić information content (AvgIpc) is 2.60. The van der Waals surface area contributed by atoms with E-state index in [-0.39, 0.29) is 11.7 Å². The summed E-state index contributed by atoms with van der Waals surface area (Å²) in [5.74, 6) is 1.19. The topological polar surface area (TPSA) is 79.0 Å². The third-order valence-electron chi connectivity index (χ3n) is 4.86. The van der Waals surface area contributed by atoms with Gasteiger partial charge >= 0.3 is 0 Å². The van der Waals surface area contributed by atoms with Crippen molar-refractivity contribution in [1.29, 1.82) is 0 Å². The van der Waals surface area contributed by atoms with Crippen molar-refractivity contribution in [1.82, 2.24) is 4.90 Å². The summed E-state index contributed by atoms with van der Waals surface area (Å²) < 4.78 is 23.4. The van der Waals surface area contributed by atoms with E-state index >= 15 is 0 Å². The van der Waals surface area contributed by atoms with Crippen molar-refractivity contribution in [3.05, 3.63) is 29.3 Å².